The van der Waals surface area contributed by atoms with Gasteiger partial charge in [-0.1, -0.05) is 49.3 Å². The third-order valence-electron chi connectivity index (χ3n) is 3.41. The van der Waals surface area contributed by atoms with Crippen LogP contribution in [0, 0.1) is 0 Å². The molecule has 0 spiro atoms. The second-order valence-electron chi connectivity index (χ2n) is 5.64. The fourth-order valence-corrected chi connectivity index (χ4v) is 2.15. The van der Waals surface area contributed by atoms with Crippen LogP contribution >= 0.6 is 0 Å². The van der Waals surface area contributed by atoms with Crippen LogP contribution in [0.5, 0.6) is 0 Å². The smallest absolute Gasteiger partial charge is 0.277 e. The van der Waals surface area contributed by atoms with Crippen molar-refractivity contribution in [1.82, 2.24) is 14.9 Å². The van der Waals surface area contributed by atoms with Crippen LogP contribution in [0.4, 0.5) is 5.69 Å². The molecule has 6 heteroatoms. The number of hydrogen-bond acceptors (Lipinski definition) is 4. The molecule has 3 aromatic rings. The van der Waals surface area contributed by atoms with E-state index >= 15 is 0 Å². The molecular weight excluding hydrogens is 292 g/mol. The molecule has 118 valence electrons. The van der Waals surface area contributed by atoms with E-state index in [4.69, 9.17) is 4.52 Å². The van der Waals surface area contributed by atoms with Crippen molar-refractivity contribution in [2.45, 2.75) is 26.3 Å². The lowest BCUT2D eigenvalue weighted by Crippen LogP contribution is -2.11. The number of nitrogens with zero attached hydrogens (tertiary/aromatic N) is 3. The van der Waals surface area contributed by atoms with Crippen LogP contribution in [0.1, 0.15) is 41.6 Å². The number of anilines is 1. The van der Waals surface area contributed by atoms with E-state index in [0.29, 0.717) is 18.0 Å². The molecule has 0 aliphatic heterocycles. The van der Waals surface area contributed by atoms with Gasteiger partial charge in [-0.2, -0.15) is 5.10 Å². The Balaban J connectivity index is 1.65. The van der Waals surface area contributed by atoms with Gasteiger partial charge in [0, 0.05) is 18.2 Å². The average Bonchev–Trinajstić information content (AvgIpc) is 3.18. The molecule has 2 heterocycles. The van der Waals surface area contributed by atoms with Gasteiger partial charge in [0.2, 0.25) is 0 Å². The predicted molar refractivity (Wildman–Crippen MR) is 86.3 cm³/mol. The van der Waals surface area contributed by atoms with E-state index < -0.39 is 0 Å². The minimum absolute atomic E-state index is 0.192. The summed E-state index contributed by atoms with van der Waals surface area (Å²) in [4.78, 5) is 12.1. The summed E-state index contributed by atoms with van der Waals surface area (Å²) in [6.07, 6.45) is 3.40. The van der Waals surface area contributed by atoms with Gasteiger partial charge in [-0.15, -0.1) is 0 Å². The standard InChI is InChI=1S/C17H18N4O2/c1-12(2)16-8-15(20-23-16)17(22)19-14-9-18-21(11-14)10-13-6-4-3-5-7-13/h3-9,11-12H,10H2,1-2H3,(H,19,22). The summed E-state index contributed by atoms with van der Waals surface area (Å²) in [6, 6.07) is 11.7. The van der Waals surface area contributed by atoms with E-state index in [1.54, 1.807) is 23.1 Å². The highest BCUT2D eigenvalue weighted by molar-refractivity contribution is 6.02. The molecule has 0 bridgehead atoms. The highest BCUT2D eigenvalue weighted by Gasteiger charge is 2.15. The zero-order valence-electron chi connectivity index (χ0n) is 13.1. The van der Waals surface area contributed by atoms with E-state index in [-0.39, 0.29) is 17.5 Å². The summed E-state index contributed by atoms with van der Waals surface area (Å²) < 4.78 is 6.91. The number of amides is 1. The van der Waals surface area contributed by atoms with Crippen molar-refractivity contribution in [1.29, 1.82) is 0 Å². The predicted octanol–water partition coefficient (Wildman–Crippen LogP) is 3.30. The Labute approximate surface area is 134 Å². The Morgan fingerprint density at radius 3 is 2.78 bits per heavy atom. The van der Waals surface area contributed by atoms with Crippen LogP contribution in [0.3, 0.4) is 0 Å². The molecule has 1 aromatic carbocycles. The third-order valence-corrected chi connectivity index (χ3v) is 3.41. The zero-order chi connectivity index (χ0) is 16.2. The van der Waals surface area contributed by atoms with Crippen molar-refractivity contribution < 1.29 is 9.32 Å². The van der Waals surface area contributed by atoms with Crippen molar-refractivity contribution in [3.05, 3.63) is 65.8 Å². The summed E-state index contributed by atoms with van der Waals surface area (Å²) in [5, 5.41) is 10.8. The quantitative estimate of drug-likeness (QED) is 0.785. The van der Waals surface area contributed by atoms with Crippen molar-refractivity contribution in [3.8, 4) is 0 Å². The summed E-state index contributed by atoms with van der Waals surface area (Å²) in [7, 11) is 0. The molecule has 6 nitrogen and oxygen atoms in total. The van der Waals surface area contributed by atoms with Crippen LogP contribution in [-0.2, 0) is 6.54 Å². The van der Waals surface area contributed by atoms with Gasteiger partial charge in [-0.3, -0.25) is 9.48 Å². The van der Waals surface area contributed by atoms with E-state index in [1.807, 2.05) is 44.2 Å². The van der Waals surface area contributed by atoms with Crippen molar-refractivity contribution in [2.75, 3.05) is 5.32 Å². The number of carbonyl (C=O) groups excluding carboxylic acids is 1. The minimum atomic E-state index is -0.306. The monoisotopic (exact) mass is 310 g/mol. The van der Waals surface area contributed by atoms with Gasteiger partial charge in [0.25, 0.3) is 5.91 Å². The second kappa shape index (κ2) is 6.48. The fraction of sp³-hybridized carbons (Fsp3) is 0.235. The fourth-order valence-electron chi connectivity index (χ4n) is 2.15. The molecule has 1 amide bonds. The number of carbonyl (C=O) groups is 1. The van der Waals surface area contributed by atoms with Crippen molar-refractivity contribution in [3.63, 3.8) is 0 Å². The molecule has 0 aliphatic rings. The van der Waals surface area contributed by atoms with Gasteiger partial charge in [-0.25, -0.2) is 0 Å². The van der Waals surface area contributed by atoms with Crippen molar-refractivity contribution >= 4 is 11.6 Å². The van der Waals surface area contributed by atoms with Crippen LogP contribution in [0.15, 0.2) is 53.3 Å². The van der Waals surface area contributed by atoms with Crippen LogP contribution in [0.25, 0.3) is 0 Å². The molecule has 3 rings (SSSR count). The Bertz CT molecular complexity index is 790. The Kier molecular flexibility index (Phi) is 4.23. The number of aromatic nitrogens is 3. The van der Waals surface area contributed by atoms with E-state index in [2.05, 4.69) is 15.6 Å². The number of rotatable bonds is 5. The maximum Gasteiger partial charge on any atom is 0.277 e. The lowest BCUT2D eigenvalue weighted by Gasteiger charge is -2.01. The van der Waals surface area contributed by atoms with E-state index in [9.17, 15) is 4.79 Å². The third kappa shape index (κ3) is 3.66. The van der Waals surface area contributed by atoms with Gasteiger partial charge in [0.05, 0.1) is 18.4 Å². The Hall–Kier alpha value is -2.89. The average molecular weight is 310 g/mol. The number of nitrogens with one attached hydrogen (secondary N) is 1. The second-order valence-corrected chi connectivity index (χ2v) is 5.64. The van der Waals surface area contributed by atoms with Gasteiger partial charge in [-0.05, 0) is 5.56 Å². The van der Waals surface area contributed by atoms with Gasteiger partial charge < -0.3 is 9.84 Å². The molecule has 0 saturated heterocycles. The first-order valence-corrected chi connectivity index (χ1v) is 7.46. The maximum absolute atomic E-state index is 12.1. The zero-order valence-corrected chi connectivity index (χ0v) is 13.1. The Morgan fingerprint density at radius 1 is 1.30 bits per heavy atom. The van der Waals surface area contributed by atoms with Crippen LogP contribution < -0.4 is 5.32 Å². The lowest BCUT2D eigenvalue weighted by atomic mass is 10.1. The first-order valence-electron chi connectivity index (χ1n) is 7.46. The maximum atomic E-state index is 12.1. The highest BCUT2D eigenvalue weighted by atomic mass is 16.5. The van der Waals surface area contributed by atoms with Gasteiger partial charge in [0.1, 0.15) is 5.76 Å². The summed E-state index contributed by atoms with van der Waals surface area (Å²) in [5.41, 5.74) is 2.04. The molecule has 0 atom stereocenters. The molecule has 0 unspecified atom stereocenters. The topological polar surface area (TPSA) is 73.0 Å². The lowest BCUT2D eigenvalue weighted by molar-refractivity contribution is 0.101. The highest BCUT2D eigenvalue weighted by Crippen LogP contribution is 2.16. The summed E-state index contributed by atoms with van der Waals surface area (Å²) in [5.74, 6) is 0.576. The molecule has 23 heavy (non-hydrogen) atoms. The van der Waals surface area contributed by atoms with Crippen LogP contribution in [-0.4, -0.2) is 20.8 Å². The first-order chi connectivity index (χ1) is 11.1. The molecular formula is C17H18N4O2. The Morgan fingerprint density at radius 2 is 2.09 bits per heavy atom. The number of hydrogen-bond donors (Lipinski definition) is 1. The first kappa shape index (κ1) is 15.0. The summed E-state index contributed by atoms with van der Waals surface area (Å²) >= 11 is 0. The normalized spacial score (nSPS) is 10.9. The molecule has 1 N–H and O–H groups in total. The largest absolute Gasteiger partial charge is 0.360 e. The molecule has 0 fully saturated rings. The van der Waals surface area contributed by atoms with Gasteiger partial charge in [0.15, 0.2) is 5.69 Å². The van der Waals surface area contributed by atoms with Crippen molar-refractivity contribution in [2.24, 2.45) is 0 Å². The van der Waals surface area contributed by atoms with Crippen LogP contribution in [0.2, 0.25) is 0 Å². The van der Waals surface area contributed by atoms with E-state index in [0.717, 1.165) is 5.56 Å². The molecule has 0 radical (unpaired) electrons. The molecule has 0 aliphatic carbocycles. The number of benzene rings is 1. The molecule has 0 saturated carbocycles. The van der Waals surface area contributed by atoms with Gasteiger partial charge >= 0.3 is 0 Å². The summed E-state index contributed by atoms with van der Waals surface area (Å²) in [6.45, 7) is 4.61. The molecule has 2 aromatic heterocycles. The minimum Gasteiger partial charge on any atom is -0.360 e. The van der Waals surface area contributed by atoms with E-state index in [1.165, 1.54) is 0 Å². The SMILES string of the molecule is CC(C)c1cc(C(=O)Nc2cnn(Cc3ccccc3)c2)no1.